The van der Waals surface area contributed by atoms with Crippen LogP contribution in [-0.2, 0) is 11.3 Å². The van der Waals surface area contributed by atoms with Crippen molar-refractivity contribution in [3.8, 4) is 0 Å². The molecular formula is C19H21N5O2. The Hall–Kier alpha value is -2.96. The average Bonchev–Trinajstić information content (AvgIpc) is 3.11. The van der Waals surface area contributed by atoms with Gasteiger partial charge in [0.2, 0.25) is 5.91 Å². The van der Waals surface area contributed by atoms with Gasteiger partial charge in [-0.2, -0.15) is 0 Å². The SMILES string of the molecule is Cc1ccc(CNC(=O)[C@H]2CCCN(c3cnc4nccnc4c3)C2)o1. The number of carbonyl (C=O) groups is 1. The van der Waals surface area contributed by atoms with Gasteiger partial charge in [0.25, 0.3) is 0 Å². The molecule has 0 saturated carbocycles. The number of nitrogens with zero attached hydrogens (tertiary/aromatic N) is 4. The Balaban J connectivity index is 1.41. The van der Waals surface area contributed by atoms with Crippen LogP contribution in [-0.4, -0.2) is 33.9 Å². The lowest BCUT2D eigenvalue weighted by Gasteiger charge is -2.33. The van der Waals surface area contributed by atoms with E-state index in [9.17, 15) is 4.79 Å². The number of aromatic nitrogens is 3. The molecule has 26 heavy (non-hydrogen) atoms. The number of rotatable bonds is 4. The molecule has 4 heterocycles. The molecule has 3 aromatic heterocycles. The summed E-state index contributed by atoms with van der Waals surface area (Å²) in [6, 6.07) is 5.78. The molecule has 7 heteroatoms. The van der Waals surface area contributed by atoms with Gasteiger partial charge in [-0.15, -0.1) is 0 Å². The number of nitrogens with one attached hydrogen (secondary N) is 1. The lowest BCUT2D eigenvalue weighted by Crippen LogP contribution is -2.43. The molecule has 0 aromatic carbocycles. The first kappa shape index (κ1) is 16.5. The molecule has 0 aliphatic carbocycles. The Morgan fingerprint density at radius 1 is 1.31 bits per heavy atom. The topological polar surface area (TPSA) is 84.2 Å². The lowest BCUT2D eigenvalue weighted by molar-refractivity contribution is -0.125. The van der Waals surface area contributed by atoms with E-state index in [1.54, 1.807) is 12.4 Å². The predicted octanol–water partition coefficient (Wildman–Crippen LogP) is 2.46. The maximum absolute atomic E-state index is 12.6. The highest BCUT2D eigenvalue weighted by atomic mass is 16.3. The highest BCUT2D eigenvalue weighted by Gasteiger charge is 2.26. The molecular weight excluding hydrogens is 330 g/mol. The van der Waals surface area contributed by atoms with E-state index in [-0.39, 0.29) is 11.8 Å². The van der Waals surface area contributed by atoms with Crippen LogP contribution in [0.3, 0.4) is 0 Å². The highest BCUT2D eigenvalue weighted by molar-refractivity contribution is 5.80. The van der Waals surface area contributed by atoms with Gasteiger partial charge in [-0.05, 0) is 38.0 Å². The summed E-state index contributed by atoms with van der Waals surface area (Å²) in [4.78, 5) is 27.6. The van der Waals surface area contributed by atoms with Crippen molar-refractivity contribution in [2.24, 2.45) is 5.92 Å². The second kappa shape index (κ2) is 7.11. The van der Waals surface area contributed by atoms with E-state index in [1.807, 2.05) is 31.3 Å². The van der Waals surface area contributed by atoms with E-state index >= 15 is 0 Å². The van der Waals surface area contributed by atoms with Crippen molar-refractivity contribution < 1.29 is 9.21 Å². The Morgan fingerprint density at radius 2 is 2.19 bits per heavy atom. The van der Waals surface area contributed by atoms with Crippen LogP contribution in [0.25, 0.3) is 11.2 Å². The maximum Gasteiger partial charge on any atom is 0.225 e. The van der Waals surface area contributed by atoms with Crippen molar-refractivity contribution in [2.45, 2.75) is 26.3 Å². The van der Waals surface area contributed by atoms with Gasteiger partial charge >= 0.3 is 0 Å². The Morgan fingerprint density at radius 3 is 3.04 bits per heavy atom. The number of anilines is 1. The van der Waals surface area contributed by atoms with E-state index in [2.05, 4.69) is 25.2 Å². The second-order valence-corrected chi connectivity index (χ2v) is 6.61. The van der Waals surface area contributed by atoms with Crippen LogP contribution in [0.15, 0.2) is 41.2 Å². The maximum atomic E-state index is 12.6. The molecule has 1 amide bonds. The number of hydrogen-bond acceptors (Lipinski definition) is 6. The summed E-state index contributed by atoms with van der Waals surface area (Å²) in [6.07, 6.45) is 6.97. The number of amides is 1. The number of fused-ring (bicyclic) bond motifs is 1. The van der Waals surface area contributed by atoms with Gasteiger partial charge in [-0.25, -0.2) is 9.97 Å². The number of hydrogen-bond donors (Lipinski definition) is 1. The van der Waals surface area contributed by atoms with Gasteiger partial charge in [0.15, 0.2) is 5.65 Å². The monoisotopic (exact) mass is 351 g/mol. The van der Waals surface area contributed by atoms with E-state index in [1.165, 1.54) is 0 Å². The normalized spacial score (nSPS) is 17.4. The van der Waals surface area contributed by atoms with Crippen molar-refractivity contribution in [2.75, 3.05) is 18.0 Å². The first-order valence-electron chi connectivity index (χ1n) is 8.84. The van der Waals surface area contributed by atoms with Crippen LogP contribution < -0.4 is 10.2 Å². The quantitative estimate of drug-likeness (QED) is 0.777. The first-order valence-corrected chi connectivity index (χ1v) is 8.84. The fourth-order valence-electron chi connectivity index (χ4n) is 3.34. The lowest BCUT2D eigenvalue weighted by atomic mass is 9.96. The summed E-state index contributed by atoms with van der Waals surface area (Å²) in [5, 5.41) is 2.99. The highest BCUT2D eigenvalue weighted by Crippen LogP contribution is 2.24. The minimum absolute atomic E-state index is 0.0441. The fourth-order valence-corrected chi connectivity index (χ4v) is 3.34. The van der Waals surface area contributed by atoms with E-state index in [4.69, 9.17) is 4.42 Å². The van der Waals surface area contributed by atoms with Crippen molar-refractivity contribution in [3.63, 3.8) is 0 Å². The van der Waals surface area contributed by atoms with Crippen molar-refractivity contribution in [1.82, 2.24) is 20.3 Å². The third-order valence-corrected chi connectivity index (χ3v) is 4.70. The fraction of sp³-hybridized carbons (Fsp3) is 0.368. The number of aryl methyl sites for hydroxylation is 1. The molecule has 0 bridgehead atoms. The van der Waals surface area contributed by atoms with Crippen LogP contribution in [0.4, 0.5) is 5.69 Å². The Labute approximate surface area is 151 Å². The van der Waals surface area contributed by atoms with E-state index < -0.39 is 0 Å². The summed E-state index contributed by atoms with van der Waals surface area (Å²) in [6.45, 7) is 3.91. The van der Waals surface area contributed by atoms with Gasteiger partial charge in [0, 0.05) is 25.5 Å². The van der Waals surface area contributed by atoms with Gasteiger partial charge in [0.05, 0.1) is 24.3 Å². The van der Waals surface area contributed by atoms with Crippen molar-refractivity contribution >= 4 is 22.8 Å². The average molecular weight is 351 g/mol. The molecule has 1 saturated heterocycles. The van der Waals surface area contributed by atoms with Gasteiger partial charge in [-0.1, -0.05) is 0 Å². The zero-order valence-corrected chi connectivity index (χ0v) is 14.7. The number of piperidine rings is 1. The molecule has 1 fully saturated rings. The largest absolute Gasteiger partial charge is 0.465 e. The number of pyridine rings is 1. The molecule has 1 N–H and O–H groups in total. The molecule has 3 aromatic rings. The molecule has 1 aliphatic rings. The summed E-state index contributed by atoms with van der Waals surface area (Å²) in [7, 11) is 0. The zero-order chi connectivity index (χ0) is 17.9. The molecule has 7 nitrogen and oxygen atoms in total. The standard InChI is InChI=1S/C19H21N5O2/c1-13-4-5-16(26-13)11-23-19(25)14-3-2-8-24(12-14)15-9-17-18(22-10-15)21-7-6-20-17/h4-7,9-10,14H,2-3,8,11-12H2,1H3,(H,23,25)/t14-/m0/s1. The summed E-state index contributed by atoms with van der Waals surface area (Å²) in [5.41, 5.74) is 2.39. The molecule has 0 spiro atoms. The van der Waals surface area contributed by atoms with Gasteiger partial charge in [-0.3, -0.25) is 9.78 Å². The number of furan rings is 1. The van der Waals surface area contributed by atoms with Crippen LogP contribution in [0.1, 0.15) is 24.4 Å². The summed E-state index contributed by atoms with van der Waals surface area (Å²) < 4.78 is 5.51. The van der Waals surface area contributed by atoms with E-state index in [0.29, 0.717) is 18.7 Å². The van der Waals surface area contributed by atoms with E-state index in [0.717, 1.165) is 42.1 Å². The third-order valence-electron chi connectivity index (χ3n) is 4.70. The first-order chi connectivity index (χ1) is 12.7. The summed E-state index contributed by atoms with van der Waals surface area (Å²) >= 11 is 0. The minimum atomic E-state index is -0.0441. The zero-order valence-electron chi connectivity index (χ0n) is 14.7. The van der Waals surface area contributed by atoms with Crippen LogP contribution in [0.5, 0.6) is 0 Å². The number of carbonyl (C=O) groups excluding carboxylic acids is 1. The predicted molar refractivity (Wildman–Crippen MR) is 97.6 cm³/mol. The Kier molecular flexibility index (Phi) is 4.51. The van der Waals surface area contributed by atoms with Crippen LogP contribution in [0, 0.1) is 12.8 Å². The van der Waals surface area contributed by atoms with Gasteiger partial charge < -0.3 is 14.6 Å². The molecule has 1 aliphatic heterocycles. The Bertz CT molecular complexity index is 923. The molecule has 0 radical (unpaired) electrons. The summed E-state index contributed by atoms with van der Waals surface area (Å²) in [5.74, 6) is 1.65. The molecule has 0 unspecified atom stereocenters. The third kappa shape index (κ3) is 3.51. The second-order valence-electron chi connectivity index (χ2n) is 6.61. The van der Waals surface area contributed by atoms with Gasteiger partial charge in [0.1, 0.15) is 17.0 Å². The smallest absolute Gasteiger partial charge is 0.225 e. The van der Waals surface area contributed by atoms with Crippen LogP contribution >= 0.6 is 0 Å². The minimum Gasteiger partial charge on any atom is -0.465 e. The van der Waals surface area contributed by atoms with Crippen molar-refractivity contribution in [3.05, 3.63) is 48.3 Å². The van der Waals surface area contributed by atoms with Crippen LogP contribution in [0.2, 0.25) is 0 Å². The molecule has 4 rings (SSSR count). The molecule has 134 valence electrons. The molecule has 1 atom stereocenters. The van der Waals surface area contributed by atoms with Crippen molar-refractivity contribution in [1.29, 1.82) is 0 Å².